The zero-order valence-electron chi connectivity index (χ0n) is 13.3. The summed E-state index contributed by atoms with van der Waals surface area (Å²) in [6.07, 6.45) is 1.25. The lowest BCUT2D eigenvalue weighted by molar-refractivity contribution is 0.0252. The molecular formula is C17H26N2O3. The predicted octanol–water partition coefficient (Wildman–Crippen LogP) is 1.38. The monoisotopic (exact) mass is 306 g/mol. The number of piperazine rings is 1. The minimum atomic E-state index is -0.447. The summed E-state index contributed by atoms with van der Waals surface area (Å²) < 4.78 is 10.7. The van der Waals surface area contributed by atoms with E-state index in [-0.39, 0.29) is 0 Å². The molecule has 0 unspecified atom stereocenters. The van der Waals surface area contributed by atoms with Crippen LogP contribution in [-0.2, 0) is 4.74 Å². The van der Waals surface area contributed by atoms with E-state index < -0.39 is 6.10 Å². The third-order valence-electron chi connectivity index (χ3n) is 3.81. The fraction of sp³-hybridized carbons (Fsp3) is 0.529. The number of anilines is 1. The zero-order chi connectivity index (χ0) is 15.8. The van der Waals surface area contributed by atoms with E-state index in [9.17, 15) is 5.11 Å². The van der Waals surface area contributed by atoms with Crippen LogP contribution in [0.2, 0.25) is 0 Å². The van der Waals surface area contributed by atoms with Crippen LogP contribution in [0.5, 0.6) is 5.75 Å². The van der Waals surface area contributed by atoms with Gasteiger partial charge in [-0.25, -0.2) is 0 Å². The Labute approximate surface area is 132 Å². The molecule has 0 amide bonds. The lowest BCUT2D eigenvalue weighted by Gasteiger charge is -2.37. The highest BCUT2D eigenvalue weighted by molar-refractivity contribution is 5.58. The van der Waals surface area contributed by atoms with E-state index in [1.54, 1.807) is 13.2 Å². The molecule has 1 aromatic carbocycles. The first kappa shape index (κ1) is 16.8. The van der Waals surface area contributed by atoms with Crippen LogP contribution in [-0.4, -0.2) is 69.2 Å². The molecule has 5 heteroatoms. The van der Waals surface area contributed by atoms with Crippen LogP contribution in [0.15, 0.2) is 36.9 Å². The van der Waals surface area contributed by atoms with E-state index in [2.05, 4.69) is 22.4 Å². The number of ether oxygens (including phenoxy) is 2. The lowest BCUT2D eigenvalue weighted by Crippen LogP contribution is -2.49. The number of hydrogen-bond acceptors (Lipinski definition) is 5. The number of rotatable bonds is 8. The molecule has 0 aromatic heterocycles. The second-order valence-corrected chi connectivity index (χ2v) is 5.44. The molecule has 1 fully saturated rings. The molecule has 1 atom stereocenters. The number of aliphatic hydroxyl groups excluding tert-OH is 1. The van der Waals surface area contributed by atoms with Crippen LogP contribution >= 0.6 is 0 Å². The van der Waals surface area contributed by atoms with E-state index in [0.717, 1.165) is 37.6 Å². The number of benzene rings is 1. The first-order valence-electron chi connectivity index (χ1n) is 7.71. The highest BCUT2D eigenvalue weighted by Crippen LogP contribution is 2.28. The highest BCUT2D eigenvalue weighted by Gasteiger charge is 2.21. The van der Waals surface area contributed by atoms with Gasteiger partial charge in [-0.2, -0.15) is 0 Å². The van der Waals surface area contributed by atoms with Crippen LogP contribution in [0.4, 0.5) is 5.69 Å². The summed E-state index contributed by atoms with van der Waals surface area (Å²) in [5, 5.41) is 9.96. The van der Waals surface area contributed by atoms with Crippen molar-refractivity contribution in [3.8, 4) is 5.75 Å². The Balaban J connectivity index is 1.79. The summed E-state index contributed by atoms with van der Waals surface area (Å²) >= 11 is 0. The first-order valence-corrected chi connectivity index (χ1v) is 7.71. The lowest BCUT2D eigenvalue weighted by atomic mass is 10.2. The van der Waals surface area contributed by atoms with Crippen molar-refractivity contribution in [2.45, 2.75) is 6.10 Å². The number of hydrogen-bond donors (Lipinski definition) is 1. The number of β-amino-alcohol motifs (C(OH)–C–C–N with tert-alkyl or cyclic N) is 1. The summed E-state index contributed by atoms with van der Waals surface area (Å²) in [7, 11) is 1.70. The van der Waals surface area contributed by atoms with Gasteiger partial charge in [0.2, 0.25) is 0 Å². The average molecular weight is 306 g/mol. The Morgan fingerprint density at radius 3 is 2.68 bits per heavy atom. The van der Waals surface area contributed by atoms with Gasteiger partial charge in [-0.05, 0) is 12.1 Å². The van der Waals surface area contributed by atoms with Crippen molar-refractivity contribution >= 4 is 5.69 Å². The molecule has 1 aliphatic heterocycles. The van der Waals surface area contributed by atoms with Gasteiger partial charge >= 0.3 is 0 Å². The molecule has 5 nitrogen and oxygen atoms in total. The van der Waals surface area contributed by atoms with Crippen LogP contribution in [0, 0.1) is 0 Å². The molecule has 1 N–H and O–H groups in total. The maximum atomic E-state index is 9.96. The maximum Gasteiger partial charge on any atom is 0.142 e. The van der Waals surface area contributed by atoms with Gasteiger partial charge in [-0.3, -0.25) is 4.90 Å². The second-order valence-electron chi connectivity index (χ2n) is 5.44. The largest absolute Gasteiger partial charge is 0.495 e. The molecule has 1 saturated heterocycles. The molecule has 1 aliphatic rings. The highest BCUT2D eigenvalue weighted by atomic mass is 16.5. The topological polar surface area (TPSA) is 45.2 Å². The molecule has 0 radical (unpaired) electrons. The molecule has 0 saturated carbocycles. The van der Waals surface area contributed by atoms with Gasteiger partial charge in [-0.1, -0.05) is 18.2 Å². The Bertz CT molecular complexity index is 459. The first-order chi connectivity index (χ1) is 10.7. The zero-order valence-corrected chi connectivity index (χ0v) is 13.3. The SMILES string of the molecule is C=CCOC[C@H](O)CN1CCN(c2ccccc2OC)CC1. The molecule has 122 valence electrons. The van der Waals surface area contributed by atoms with Crippen LogP contribution in [0.3, 0.4) is 0 Å². The fourth-order valence-corrected chi connectivity index (χ4v) is 2.70. The molecule has 22 heavy (non-hydrogen) atoms. The second kappa shape index (κ2) is 8.78. The van der Waals surface area contributed by atoms with Crippen molar-refractivity contribution < 1.29 is 14.6 Å². The van der Waals surface area contributed by atoms with Crippen LogP contribution in [0.25, 0.3) is 0 Å². The molecule has 1 heterocycles. The summed E-state index contributed by atoms with van der Waals surface area (Å²) in [6, 6.07) is 8.10. The van der Waals surface area contributed by atoms with Gasteiger partial charge in [0, 0.05) is 32.7 Å². The van der Waals surface area contributed by atoms with Gasteiger partial charge in [0.1, 0.15) is 5.75 Å². The van der Waals surface area contributed by atoms with Gasteiger partial charge in [0.25, 0.3) is 0 Å². The Morgan fingerprint density at radius 2 is 2.00 bits per heavy atom. The van der Waals surface area contributed by atoms with Gasteiger partial charge in [-0.15, -0.1) is 6.58 Å². The third kappa shape index (κ3) is 4.73. The molecule has 0 spiro atoms. The molecule has 0 bridgehead atoms. The Morgan fingerprint density at radius 1 is 1.27 bits per heavy atom. The standard InChI is InChI=1S/C17H26N2O3/c1-3-12-22-14-15(20)13-18-8-10-19(11-9-18)16-6-4-5-7-17(16)21-2/h3-7,15,20H,1,8-14H2,2H3/t15-/m1/s1. The minimum Gasteiger partial charge on any atom is -0.495 e. The third-order valence-corrected chi connectivity index (χ3v) is 3.81. The quantitative estimate of drug-likeness (QED) is 0.581. The molecular weight excluding hydrogens is 280 g/mol. The molecule has 1 aromatic rings. The number of methoxy groups -OCH3 is 1. The van der Waals surface area contributed by atoms with Crippen molar-refractivity contribution in [3.05, 3.63) is 36.9 Å². The summed E-state index contributed by atoms with van der Waals surface area (Å²) in [5.41, 5.74) is 1.14. The van der Waals surface area contributed by atoms with E-state index in [1.807, 2.05) is 18.2 Å². The van der Waals surface area contributed by atoms with Gasteiger partial charge in [0.15, 0.2) is 0 Å². The number of aliphatic hydroxyl groups is 1. The van der Waals surface area contributed by atoms with Crippen LogP contribution < -0.4 is 9.64 Å². The van der Waals surface area contributed by atoms with Crippen molar-refractivity contribution in [2.24, 2.45) is 0 Å². The predicted molar refractivity (Wildman–Crippen MR) is 88.7 cm³/mol. The Hall–Kier alpha value is -1.56. The van der Waals surface area contributed by atoms with E-state index in [4.69, 9.17) is 9.47 Å². The van der Waals surface area contributed by atoms with Crippen molar-refractivity contribution in [2.75, 3.05) is 57.9 Å². The van der Waals surface area contributed by atoms with Gasteiger partial charge < -0.3 is 19.5 Å². The summed E-state index contributed by atoms with van der Waals surface area (Å²) in [5.74, 6) is 0.911. The minimum absolute atomic E-state index is 0.360. The van der Waals surface area contributed by atoms with Crippen molar-refractivity contribution in [1.29, 1.82) is 0 Å². The summed E-state index contributed by atoms with van der Waals surface area (Å²) in [4.78, 5) is 4.60. The average Bonchev–Trinajstić information content (AvgIpc) is 2.56. The van der Waals surface area contributed by atoms with Crippen molar-refractivity contribution in [3.63, 3.8) is 0 Å². The number of para-hydroxylation sites is 2. The van der Waals surface area contributed by atoms with Gasteiger partial charge in [0.05, 0.1) is 32.1 Å². The summed E-state index contributed by atoms with van der Waals surface area (Å²) in [6.45, 7) is 8.80. The number of nitrogens with zero attached hydrogens (tertiary/aromatic N) is 2. The maximum absolute atomic E-state index is 9.96. The van der Waals surface area contributed by atoms with Crippen molar-refractivity contribution in [1.82, 2.24) is 4.90 Å². The molecule has 0 aliphatic carbocycles. The smallest absolute Gasteiger partial charge is 0.142 e. The molecule has 2 rings (SSSR count). The van der Waals surface area contributed by atoms with E-state index in [1.165, 1.54) is 0 Å². The normalized spacial score (nSPS) is 17.3. The van der Waals surface area contributed by atoms with Crippen LogP contribution in [0.1, 0.15) is 0 Å². The Kier molecular flexibility index (Phi) is 6.71. The van der Waals surface area contributed by atoms with E-state index in [0.29, 0.717) is 19.8 Å². The van der Waals surface area contributed by atoms with E-state index >= 15 is 0 Å². The fourth-order valence-electron chi connectivity index (χ4n) is 2.70.